The van der Waals surface area contributed by atoms with Crippen molar-refractivity contribution >= 4 is 11.5 Å². The van der Waals surface area contributed by atoms with Crippen LogP contribution >= 0.6 is 0 Å². The van der Waals surface area contributed by atoms with E-state index in [0.29, 0.717) is 18.3 Å². The first kappa shape index (κ1) is 19.8. The molecular formula is C26H25N7. The number of pyridine rings is 1. The van der Waals surface area contributed by atoms with Crippen LogP contribution in [0.5, 0.6) is 0 Å². The van der Waals surface area contributed by atoms with Gasteiger partial charge in [0.05, 0.1) is 30.2 Å². The van der Waals surface area contributed by atoms with Crippen molar-refractivity contribution in [3.8, 4) is 28.3 Å². The fourth-order valence-electron chi connectivity index (χ4n) is 4.93. The van der Waals surface area contributed by atoms with Crippen LogP contribution in [0.4, 0.5) is 11.5 Å². The first-order valence-corrected chi connectivity index (χ1v) is 11.2. The van der Waals surface area contributed by atoms with Crippen LogP contribution in [0.2, 0.25) is 0 Å². The van der Waals surface area contributed by atoms with Gasteiger partial charge < -0.3 is 14.4 Å². The lowest BCUT2D eigenvalue weighted by molar-refractivity contribution is 0.315. The number of fused-ring (bicyclic) bond motifs is 5. The zero-order valence-corrected chi connectivity index (χ0v) is 18.8. The molecule has 1 fully saturated rings. The van der Waals surface area contributed by atoms with Crippen molar-refractivity contribution in [2.45, 2.75) is 19.0 Å². The van der Waals surface area contributed by atoms with E-state index < -0.39 is 0 Å². The molecule has 0 radical (unpaired) electrons. The Morgan fingerprint density at radius 3 is 2.70 bits per heavy atom. The van der Waals surface area contributed by atoms with Crippen molar-refractivity contribution in [3.05, 3.63) is 78.2 Å². The first-order valence-electron chi connectivity index (χ1n) is 11.2. The minimum atomic E-state index is 0.568. The molecule has 2 aliphatic heterocycles. The van der Waals surface area contributed by atoms with Crippen LogP contribution in [-0.4, -0.2) is 57.2 Å². The van der Waals surface area contributed by atoms with E-state index in [4.69, 9.17) is 11.6 Å². The van der Waals surface area contributed by atoms with E-state index in [1.54, 1.807) is 0 Å². The molecule has 1 aromatic carbocycles. The van der Waals surface area contributed by atoms with Crippen LogP contribution in [0.3, 0.4) is 0 Å². The Morgan fingerprint density at radius 2 is 1.94 bits per heavy atom. The first-order chi connectivity index (χ1) is 16.1. The number of rotatable bonds is 3. The van der Waals surface area contributed by atoms with E-state index in [9.17, 15) is 0 Å². The number of hydrogen-bond donors (Lipinski definition) is 0. The second-order valence-corrected chi connectivity index (χ2v) is 9.01. The Kier molecular flexibility index (Phi) is 4.56. The molecule has 0 N–H and O–H groups in total. The zero-order chi connectivity index (χ0) is 22.5. The van der Waals surface area contributed by atoms with Gasteiger partial charge >= 0.3 is 0 Å². The molecule has 1 atom stereocenters. The highest BCUT2D eigenvalue weighted by Gasteiger charge is 2.27. The van der Waals surface area contributed by atoms with Crippen molar-refractivity contribution in [2.24, 2.45) is 0 Å². The minimum Gasteiger partial charge on any atom is -0.355 e. The smallest absolute Gasteiger partial charge is 0.187 e. The Bertz CT molecular complexity index is 1370. The van der Waals surface area contributed by atoms with E-state index >= 15 is 0 Å². The predicted molar refractivity (Wildman–Crippen MR) is 130 cm³/mol. The lowest BCUT2D eigenvalue weighted by Gasteiger charge is -2.22. The summed E-state index contributed by atoms with van der Waals surface area (Å²) in [5.74, 6) is 1.96. The molecule has 0 bridgehead atoms. The maximum atomic E-state index is 7.19. The van der Waals surface area contributed by atoms with Crippen LogP contribution < -0.4 is 4.90 Å². The molecule has 0 saturated carbocycles. The number of likely N-dealkylation sites (N-methyl/N-ethyl adjacent to an activating group) is 1. The monoisotopic (exact) mass is 435 g/mol. The van der Waals surface area contributed by atoms with Crippen LogP contribution in [0, 0.1) is 6.57 Å². The van der Waals surface area contributed by atoms with Gasteiger partial charge in [-0.15, -0.1) is 0 Å². The summed E-state index contributed by atoms with van der Waals surface area (Å²) in [7, 11) is 4.30. The molecular weight excluding hydrogens is 410 g/mol. The third-order valence-electron chi connectivity index (χ3n) is 6.83. The van der Waals surface area contributed by atoms with Crippen LogP contribution in [-0.2, 0) is 6.54 Å². The summed E-state index contributed by atoms with van der Waals surface area (Å²) in [5, 5.41) is 0. The molecule has 0 aliphatic carbocycles. The van der Waals surface area contributed by atoms with Gasteiger partial charge in [-0.1, -0.05) is 24.3 Å². The Hall–Kier alpha value is -3.89. The molecule has 0 spiro atoms. The molecule has 0 amide bonds. The average molecular weight is 436 g/mol. The second-order valence-electron chi connectivity index (χ2n) is 9.01. The number of nitrogens with zero attached hydrogens (tertiary/aromatic N) is 7. The second kappa shape index (κ2) is 7.61. The van der Waals surface area contributed by atoms with Gasteiger partial charge in [0.25, 0.3) is 0 Å². The fourth-order valence-corrected chi connectivity index (χ4v) is 4.93. The molecule has 164 valence electrons. The summed E-state index contributed by atoms with van der Waals surface area (Å²) in [6, 6.07) is 14.8. The van der Waals surface area contributed by atoms with Gasteiger partial charge in [0, 0.05) is 43.3 Å². The molecule has 1 saturated heterocycles. The number of aromatic nitrogens is 4. The minimum absolute atomic E-state index is 0.568. The van der Waals surface area contributed by atoms with Crippen molar-refractivity contribution in [1.29, 1.82) is 0 Å². The van der Waals surface area contributed by atoms with Gasteiger partial charge in [-0.05, 0) is 44.3 Å². The van der Waals surface area contributed by atoms with Crippen molar-refractivity contribution in [2.75, 3.05) is 32.1 Å². The lowest BCUT2D eigenvalue weighted by atomic mass is 10.1. The molecule has 3 aromatic heterocycles. The highest BCUT2D eigenvalue weighted by Crippen LogP contribution is 2.35. The summed E-state index contributed by atoms with van der Waals surface area (Å²) >= 11 is 0. The third-order valence-corrected chi connectivity index (χ3v) is 6.83. The maximum Gasteiger partial charge on any atom is 0.187 e. The maximum absolute atomic E-state index is 7.19. The standard InChI is InChI=1S/C26H25N7/c1-27-20-6-4-18(5-7-20)19-14-24-26-28-11-13-33(26)23-8-9-25(29-22(23)17-32(24)15-19)31-12-10-21(16-31)30(2)3/h4-9,11,13-15,21H,10,12,16-17H2,2-3H3/t21-/m1/s1. The van der Waals surface area contributed by atoms with Gasteiger partial charge in [0.1, 0.15) is 5.82 Å². The zero-order valence-electron chi connectivity index (χ0n) is 18.8. The van der Waals surface area contributed by atoms with Crippen molar-refractivity contribution < 1.29 is 0 Å². The Morgan fingerprint density at radius 1 is 1.09 bits per heavy atom. The molecule has 0 unspecified atom stereocenters. The summed E-state index contributed by atoms with van der Waals surface area (Å²) in [6.07, 6.45) is 7.19. The topological polar surface area (TPSA) is 46.5 Å². The van der Waals surface area contributed by atoms with Crippen LogP contribution in [0.25, 0.3) is 33.2 Å². The molecule has 2 aliphatic rings. The largest absolute Gasteiger partial charge is 0.355 e. The third kappa shape index (κ3) is 3.31. The number of benzene rings is 1. The quantitative estimate of drug-likeness (QED) is 0.393. The van der Waals surface area contributed by atoms with E-state index in [1.165, 1.54) is 0 Å². The van der Waals surface area contributed by atoms with Crippen molar-refractivity contribution in [3.63, 3.8) is 0 Å². The highest BCUT2D eigenvalue weighted by molar-refractivity contribution is 5.72. The van der Waals surface area contributed by atoms with E-state index in [-0.39, 0.29) is 0 Å². The molecule has 6 rings (SSSR count). The molecule has 33 heavy (non-hydrogen) atoms. The summed E-state index contributed by atoms with van der Waals surface area (Å²) in [5.41, 5.74) is 6.06. The summed E-state index contributed by atoms with van der Waals surface area (Å²) < 4.78 is 4.38. The highest BCUT2D eigenvalue weighted by atomic mass is 15.3. The van der Waals surface area contributed by atoms with Gasteiger partial charge in [0.2, 0.25) is 0 Å². The Balaban J connectivity index is 1.40. The van der Waals surface area contributed by atoms with Gasteiger partial charge in [-0.2, -0.15) is 0 Å². The normalized spacial score (nSPS) is 16.8. The van der Waals surface area contributed by atoms with Crippen LogP contribution in [0.1, 0.15) is 12.1 Å². The number of hydrogen-bond acceptors (Lipinski definition) is 4. The summed E-state index contributed by atoms with van der Waals surface area (Å²) in [6.45, 7) is 9.92. The molecule has 4 aromatic rings. The van der Waals surface area contributed by atoms with E-state index in [0.717, 1.165) is 59.4 Å². The van der Waals surface area contributed by atoms with Gasteiger partial charge in [-0.25, -0.2) is 14.8 Å². The molecule has 5 heterocycles. The van der Waals surface area contributed by atoms with Gasteiger partial charge in [-0.3, -0.25) is 4.57 Å². The Labute approximate surface area is 193 Å². The number of anilines is 1. The number of imidazole rings is 1. The van der Waals surface area contributed by atoms with E-state index in [1.807, 2.05) is 36.7 Å². The van der Waals surface area contributed by atoms with Gasteiger partial charge in [0.15, 0.2) is 11.5 Å². The predicted octanol–water partition coefficient (Wildman–Crippen LogP) is 4.46. The van der Waals surface area contributed by atoms with Crippen molar-refractivity contribution in [1.82, 2.24) is 24.0 Å². The molecule has 7 nitrogen and oxygen atoms in total. The van der Waals surface area contributed by atoms with E-state index in [2.05, 4.69) is 67.3 Å². The average Bonchev–Trinajstić information content (AvgIpc) is 3.58. The van der Waals surface area contributed by atoms with Crippen LogP contribution in [0.15, 0.2) is 61.1 Å². The molecule has 7 heteroatoms. The lowest BCUT2D eigenvalue weighted by Crippen LogP contribution is -2.31. The summed E-state index contributed by atoms with van der Waals surface area (Å²) in [4.78, 5) is 18.0. The SMILES string of the molecule is [C-]#[N+]c1ccc(-c2cc3n(c2)Cc2nc(N4CC[C@@H](N(C)C)C4)ccc2-n2ccnc2-3)cc1. The fraction of sp³-hybridized carbons (Fsp3) is 0.269.